The van der Waals surface area contributed by atoms with E-state index in [-0.39, 0.29) is 24.6 Å². The third-order valence-electron chi connectivity index (χ3n) is 8.16. The van der Waals surface area contributed by atoms with Crippen molar-refractivity contribution in [2.45, 2.75) is 26.9 Å². The molecule has 0 aliphatic heterocycles. The molecule has 0 saturated carbocycles. The molecule has 8 heterocycles. The van der Waals surface area contributed by atoms with Gasteiger partial charge in [0, 0.05) is 47.6 Å². The second kappa shape index (κ2) is 15.9. The smallest absolute Gasteiger partial charge is 0.151 e. The average molecular weight is 729 g/mol. The molecule has 4 N–H and O–H groups in total. The number of aryl methyl sites for hydroxylation is 2. The normalized spacial score (nSPS) is 11.1. The number of anilines is 4. The molecule has 0 atom stereocenters. The van der Waals surface area contributed by atoms with Gasteiger partial charge < -0.3 is 20.8 Å². The molecule has 8 aromatic rings. The third kappa shape index (κ3) is 7.84. The maximum Gasteiger partial charge on any atom is 0.151 e. The second-order valence-corrected chi connectivity index (χ2v) is 12.1. The Morgan fingerprint density at radius 2 is 1.20 bits per heavy atom. The van der Waals surface area contributed by atoms with Gasteiger partial charge in [-0.2, -0.15) is 10.2 Å². The Bertz CT molecular complexity index is 2570. The summed E-state index contributed by atoms with van der Waals surface area (Å²) in [6, 6.07) is 16.7. The van der Waals surface area contributed by atoms with Crippen molar-refractivity contribution in [2.75, 3.05) is 23.8 Å². The average Bonchev–Trinajstić information content (AvgIpc) is 3.79. The van der Waals surface area contributed by atoms with E-state index in [1.807, 2.05) is 12.1 Å². The van der Waals surface area contributed by atoms with Crippen LogP contribution in [-0.2, 0) is 13.1 Å². The second-order valence-electron chi connectivity index (χ2n) is 12.1. The Morgan fingerprint density at radius 3 is 1.81 bits per heavy atom. The van der Waals surface area contributed by atoms with Gasteiger partial charge in [0.2, 0.25) is 0 Å². The van der Waals surface area contributed by atoms with Gasteiger partial charge in [0.1, 0.15) is 33.5 Å². The van der Waals surface area contributed by atoms with Crippen LogP contribution in [0.25, 0.3) is 44.8 Å². The fourth-order valence-electron chi connectivity index (χ4n) is 5.69. The largest absolute Gasteiger partial charge is 0.394 e. The lowest BCUT2D eigenvalue weighted by molar-refractivity contribution is 0.270. The number of aliphatic hydroxyl groups is 2. The van der Waals surface area contributed by atoms with E-state index in [1.165, 1.54) is 12.1 Å². The van der Waals surface area contributed by atoms with Crippen molar-refractivity contribution in [3.05, 3.63) is 121 Å². The lowest BCUT2D eigenvalue weighted by Gasteiger charge is -2.11. The molecule has 0 unspecified atom stereocenters. The molecule has 0 spiro atoms. The van der Waals surface area contributed by atoms with Crippen molar-refractivity contribution in [3.8, 4) is 22.8 Å². The van der Waals surface area contributed by atoms with Crippen molar-refractivity contribution < 1.29 is 19.0 Å². The van der Waals surface area contributed by atoms with Crippen LogP contribution in [0.5, 0.6) is 0 Å². The summed E-state index contributed by atoms with van der Waals surface area (Å²) in [7, 11) is 0. The first-order chi connectivity index (χ1) is 26.3. The van der Waals surface area contributed by atoms with E-state index in [2.05, 4.69) is 50.7 Å². The summed E-state index contributed by atoms with van der Waals surface area (Å²) in [5, 5.41) is 33.6. The summed E-state index contributed by atoms with van der Waals surface area (Å²) in [5.41, 5.74) is 8.64. The van der Waals surface area contributed by atoms with Crippen LogP contribution >= 0.6 is 0 Å². The quantitative estimate of drug-likeness (QED) is 0.127. The molecule has 0 fully saturated rings. The minimum atomic E-state index is -0.419. The Morgan fingerprint density at radius 1 is 0.648 bits per heavy atom. The molecule has 8 rings (SSSR count). The van der Waals surface area contributed by atoms with Crippen LogP contribution in [0.2, 0.25) is 0 Å². The maximum atomic E-state index is 14.2. The van der Waals surface area contributed by atoms with Gasteiger partial charge in [-0.05, 0) is 74.5 Å². The molecule has 0 bridgehead atoms. The number of nitrogens with zero attached hydrogens (tertiary/aromatic N) is 10. The van der Waals surface area contributed by atoms with E-state index < -0.39 is 11.6 Å². The van der Waals surface area contributed by atoms with Crippen LogP contribution in [0.1, 0.15) is 11.4 Å². The van der Waals surface area contributed by atoms with E-state index >= 15 is 0 Å². The highest BCUT2D eigenvalue weighted by Gasteiger charge is 2.14. The Balaban J connectivity index is 0.000000167. The minimum Gasteiger partial charge on any atom is -0.394 e. The molecule has 54 heavy (non-hydrogen) atoms. The molecule has 14 nitrogen and oxygen atoms in total. The third-order valence-corrected chi connectivity index (χ3v) is 8.16. The van der Waals surface area contributed by atoms with Crippen molar-refractivity contribution >= 4 is 44.8 Å². The van der Waals surface area contributed by atoms with E-state index in [0.717, 1.165) is 39.7 Å². The summed E-state index contributed by atoms with van der Waals surface area (Å²) >= 11 is 0. The number of halogens is 2. The number of hydrogen-bond donors (Lipinski definition) is 4. The Labute approximate surface area is 307 Å². The first kappa shape index (κ1) is 35.6. The molecule has 0 radical (unpaired) electrons. The fourth-order valence-corrected chi connectivity index (χ4v) is 5.69. The monoisotopic (exact) mass is 728 g/mol. The maximum absolute atomic E-state index is 14.2. The number of hydrogen-bond acceptors (Lipinski definition) is 12. The highest BCUT2D eigenvalue weighted by atomic mass is 19.1. The standard InChI is InChI=1S/2C19H17FN6O/c1-12-2-3-14(20)18(23-12)16-10-13(4-6-21-16)24-15-5-7-22-17-11-26(8-9-27)25-19(15)17;1-12-2-3-14(20)18(24-12)16-10-13(4-6-21-16)25-15-5-7-22-17-11-23-26(8-9-27)19(15)17/h2-7,10-11,27H,8-9H2,1H3,(H,21,24);2-7,10-11,27H,8-9H2,1H3,(H,21,22,25). The van der Waals surface area contributed by atoms with E-state index in [9.17, 15) is 13.9 Å². The van der Waals surface area contributed by atoms with Gasteiger partial charge in [0.25, 0.3) is 0 Å². The van der Waals surface area contributed by atoms with Crippen LogP contribution in [-0.4, -0.2) is 72.9 Å². The Kier molecular flexibility index (Phi) is 10.5. The molecule has 8 aromatic heterocycles. The summed E-state index contributed by atoms with van der Waals surface area (Å²) < 4.78 is 31.6. The van der Waals surface area contributed by atoms with Crippen molar-refractivity contribution in [2.24, 2.45) is 0 Å². The molecule has 16 heteroatoms. The highest BCUT2D eigenvalue weighted by Crippen LogP contribution is 2.29. The molecule has 0 aliphatic rings. The van der Waals surface area contributed by atoms with Crippen LogP contribution in [0, 0.1) is 25.5 Å². The zero-order valence-corrected chi connectivity index (χ0v) is 29.2. The van der Waals surface area contributed by atoms with Crippen LogP contribution in [0.15, 0.2) is 97.8 Å². The van der Waals surface area contributed by atoms with Gasteiger partial charge in [0.05, 0.1) is 61.5 Å². The lowest BCUT2D eigenvalue weighted by atomic mass is 10.2. The number of fused-ring (bicyclic) bond motifs is 2. The number of pyridine rings is 6. The van der Waals surface area contributed by atoms with Crippen LogP contribution < -0.4 is 10.6 Å². The molecule has 0 saturated heterocycles. The zero-order valence-electron chi connectivity index (χ0n) is 29.2. The SMILES string of the molecule is Cc1ccc(F)c(-c2cc(Nc3ccnc4cn(CCO)nc34)ccn2)n1.Cc1ccc(F)c(-c2cc(Nc3ccnc4cnn(CCO)c34)ccn2)n1. The van der Waals surface area contributed by atoms with Gasteiger partial charge >= 0.3 is 0 Å². The van der Waals surface area contributed by atoms with Gasteiger partial charge in [-0.1, -0.05) is 0 Å². The lowest BCUT2D eigenvalue weighted by Crippen LogP contribution is -2.05. The number of aliphatic hydroxyl groups excluding tert-OH is 2. The molecule has 0 amide bonds. The molecule has 0 aliphatic carbocycles. The van der Waals surface area contributed by atoms with E-state index in [4.69, 9.17) is 5.11 Å². The summed E-state index contributed by atoms with van der Waals surface area (Å²) in [4.78, 5) is 25.6. The van der Waals surface area contributed by atoms with E-state index in [1.54, 1.807) is 96.8 Å². The molecule has 272 valence electrons. The highest BCUT2D eigenvalue weighted by molar-refractivity contribution is 5.90. The summed E-state index contributed by atoms with van der Waals surface area (Å²) in [6.45, 7) is 4.35. The first-order valence-electron chi connectivity index (χ1n) is 16.9. The zero-order chi connectivity index (χ0) is 37.6. The number of aromatic nitrogens is 10. The van der Waals surface area contributed by atoms with Gasteiger partial charge in [0.15, 0.2) is 11.6 Å². The Hall–Kier alpha value is -6.78. The first-order valence-corrected chi connectivity index (χ1v) is 16.9. The minimum absolute atomic E-state index is 0.000475. The van der Waals surface area contributed by atoms with Gasteiger partial charge in [-0.25, -0.2) is 18.7 Å². The summed E-state index contributed by atoms with van der Waals surface area (Å²) in [5.74, 6) is -0.836. The molecular formula is C38H34F2N12O2. The van der Waals surface area contributed by atoms with Crippen molar-refractivity contribution in [3.63, 3.8) is 0 Å². The van der Waals surface area contributed by atoms with Gasteiger partial charge in [-0.15, -0.1) is 0 Å². The van der Waals surface area contributed by atoms with Crippen LogP contribution in [0.4, 0.5) is 31.5 Å². The predicted octanol–water partition coefficient (Wildman–Crippen LogP) is 6.14. The molecule has 0 aromatic carbocycles. The fraction of sp³-hybridized carbons (Fsp3) is 0.158. The predicted molar refractivity (Wildman–Crippen MR) is 200 cm³/mol. The number of nitrogens with one attached hydrogen (secondary N) is 2. The van der Waals surface area contributed by atoms with Crippen molar-refractivity contribution in [1.82, 2.24) is 49.5 Å². The molecular weight excluding hydrogens is 694 g/mol. The topological polar surface area (TPSA) is 178 Å². The number of rotatable bonds is 10. The van der Waals surface area contributed by atoms with Gasteiger partial charge in [-0.3, -0.25) is 29.3 Å². The summed E-state index contributed by atoms with van der Waals surface area (Å²) in [6.07, 6.45) is 9.99. The van der Waals surface area contributed by atoms with Crippen LogP contribution in [0.3, 0.4) is 0 Å². The van der Waals surface area contributed by atoms with Crippen molar-refractivity contribution in [1.29, 1.82) is 0 Å². The van der Waals surface area contributed by atoms with E-state index in [0.29, 0.717) is 41.0 Å².